The molecule has 4 aromatic rings. The van der Waals surface area contributed by atoms with E-state index in [1.54, 1.807) is 38.1 Å². The normalized spacial score (nSPS) is 11.8. The van der Waals surface area contributed by atoms with Crippen molar-refractivity contribution in [3.63, 3.8) is 0 Å². The summed E-state index contributed by atoms with van der Waals surface area (Å²) < 4.78 is 61.9. The Morgan fingerprint density at radius 2 is 1.66 bits per heavy atom. The van der Waals surface area contributed by atoms with Gasteiger partial charge in [0.2, 0.25) is 9.84 Å². The van der Waals surface area contributed by atoms with Crippen LogP contribution < -0.4 is 9.62 Å². The summed E-state index contributed by atoms with van der Waals surface area (Å²) in [4.78, 5) is 16.0. The zero-order valence-electron chi connectivity index (χ0n) is 22.2. The third-order valence-electron chi connectivity index (χ3n) is 6.35. The van der Waals surface area contributed by atoms with Gasteiger partial charge in [0.1, 0.15) is 10.6 Å². The van der Waals surface area contributed by atoms with E-state index in [4.69, 9.17) is 16.9 Å². The van der Waals surface area contributed by atoms with Crippen molar-refractivity contribution in [2.24, 2.45) is 0 Å². The second kappa shape index (κ2) is 11.9. The molecule has 0 spiro atoms. The van der Waals surface area contributed by atoms with Gasteiger partial charge in [0, 0.05) is 29.0 Å². The van der Waals surface area contributed by atoms with Crippen LogP contribution in [-0.2, 0) is 20.1 Å². The Morgan fingerprint density at radius 3 is 2.27 bits per heavy atom. The van der Waals surface area contributed by atoms with Crippen molar-refractivity contribution in [3.8, 4) is 6.07 Å². The maximum atomic E-state index is 13.8. The first-order valence-corrected chi connectivity index (χ1v) is 15.7. The van der Waals surface area contributed by atoms with Crippen LogP contribution in [0.4, 0.5) is 5.69 Å². The van der Waals surface area contributed by atoms with E-state index in [-0.39, 0.29) is 46.1 Å². The van der Waals surface area contributed by atoms with Gasteiger partial charge in [-0.1, -0.05) is 17.7 Å². The molecule has 0 saturated heterocycles. The maximum Gasteiger partial charge on any atom is 0.359 e. The monoisotopic (exact) mass is 614 g/mol. The molecule has 214 valence electrons. The average molecular weight is 615 g/mol. The third kappa shape index (κ3) is 6.71. The zero-order chi connectivity index (χ0) is 29.9. The number of carbonyl (C=O) groups excluding carboxylic acids is 1. The van der Waals surface area contributed by atoms with Crippen molar-refractivity contribution < 1.29 is 26.2 Å². The highest BCUT2D eigenvalue weighted by molar-refractivity contribution is 7.91. The van der Waals surface area contributed by atoms with Crippen LogP contribution >= 0.6 is 11.6 Å². The van der Waals surface area contributed by atoms with Gasteiger partial charge in [0.15, 0.2) is 0 Å². The van der Waals surface area contributed by atoms with E-state index < -0.39 is 26.0 Å². The molecule has 1 amide bonds. The van der Waals surface area contributed by atoms with E-state index in [9.17, 15) is 26.2 Å². The second-order valence-electron chi connectivity index (χ2n) is 9.52. The fourth-order valence-electron chi connectivity index (χ4n) is 4.53. The predicted octanol–water partition coefficient (Wildman–Crippen LogP) is 4.96. The molecule has 1 heterocycles. The highest BCUT2D eigenvalue weighted by Gasteiger charge is 2.30. The number of anilines is 1. The first-order chi connectivity index (χ1) is 19.3. The number of sulfone groups is 1. The van der Waals surface area contributed by atoms with Gasteiger partial charge in [-0.25, -0.2) is 12.7 Å². The van der Waals surface area contributed by atoms with Crippen LogP contribution in [0.2, 0.25) is 5.02 Å². The number of rotatable bonds is 10. The molecular weight excluding hydrogens is 588 g/mol. The van der Waals surface area contributed by atoms with Gasteiger partial charge < -0.3 is 10.3 Å². The van der Waals surface area contributed by atoms with Crippen molar-refractivity contribution in [2.75, 3.05) is 17.4 Å². The minimum atomic E-state index is -4.58. The van der Waals surface area contributed by atoms with E-state index in [0.717, 1.165) is 15.4 Å². The topological polar surface area (TPSA) is 160 Å². The van der Waals surface area contributed by atoms with E-state index in [1.807, 2.05) is 12.1 Å². The lowest BCUT2D eigenvalue weighted by Gasteiger charge is -2.20. The Bertz CT molecular complexity index is 1860. The van der Waals surface area contributed by atoms with Gasteiger partial charge in [-0.3, -0.25) is 9.35 Å². The largest absolute Gasteiger partial charge is 0.359 e. The summed E-state index contributed by atoms with van der Waals surface area (Å²) >= 11 is 6.17. The smallest absolute Gasteiger partial charge is 0.351 e. The predicted molar refractivity (Wildman–Crippen MR) is 156 cm³/mol. The van der Waals surface area contributed by atoms with Crippen molar-refractivity contribution in [3.05, 3.63) is 88.1 Å². The molecule has 0 unspecified atom stereocenters. The zero-order valence-corrected chi connectivity index (χ0v) is 24.6. The number of nitrogens with one attached hydrogen (secondary N) is 2. The van der Waals surface area contributed by atoms with Crippen LogP contribution in [0.1, 0.15) is 40.0 Å². The maximum absolute atomic E-state index is 13.8. The fraction of sp³-hybridized carbons (Fsp3) is 0.214. The molecule has 0 aliphatic heterocycles. The van der Waals surface area contributed by atoms with Gasteiger partial charge in [0.25, 0.3) is 5.91 Å². The molecule has 0 atom stereocenters. The van der Waals surface area contributed by atoms with Crippen molar-refractivity contribution >= 4 is 54.2 Å². The van der Waals surface area contributed by atoms with Crippen LogP contribution in [0.15, 0.2) is 70.5 Å². The standard InChI is InChI=1S/C28H27ClN4O6S2/c1-18-13-19(2)15-23(14-18)40(35,36)27-24-16-21(29)7-10-25(24)32-26(27)28(34)31-11-3-4-12-33(41(37,38)39)22-8-5-20(17-30)6-9-22/h5-10,13-16,32H,3-4,11-12H2,1-2H3,(H,31,34)(H,37,38,39). The first-order valence-electron chi connectivity index (χ1n) is 12.5. The molecule has 0 bridgehead atoms. The Kier molecular flexibility index (Phi) is 8.74. The number of aromatic amines is 1. The number of hydrogen-bond acceptors (Lipinski definition) is 6. The van der Waals surface area contributed by atoms with Gasteiger partial charge in [0.05, 0.1) is 22.2 Å². The summed E-state index contributed by atoms with van der Waals surface area (Å²) in [5.41, 5.74) is 2.32. The third-order valence-corrected chi connectivity index (χ3v) is 9.35. The Morgan fingerprint density at radius 1 is 1.00 bits per heavy atom. The molecular formula is C28H27ClN4O6S2. The van der Waals surface area contributed by atoms with Crippen molar-refractivity contribution in [1.29, 1.82) is 5.26 Å². The number of hydrogen-bond donors (Lipinski definition) is 3. The van der Waals surface area contributed by atoms with Crippen LogP contribution in [0.25, 0.3) is 10.9 Å². The lowest BCUT2D eigenvalue weighted by Crippen LogP contribution is -2.32. The Labute approximate surface area is 243 Å². The van der Waals surface area contributed by atoms with Crippen LogP contribution in [0.5, 0.6) is 0 Å². The molecule has 0 fully saturated rings. The Balaban J connectivity index is 1.53. The molecule has 0 aliphatic rings. The summed E-state index contributed by atoms with van der Waals surface area (Å²) in [5.74, 6) is -0.654. The molecule has 0 aliphatic carbocycles. The molecule has 1 aromatic heterocycles. The highest BCUT2D eigenvalue weighted by atomic mass is 35.5. The fourth-order valence-corrected chi connectivity index (χ4v) is 7.24. The summed E-state index contributed by atoms with van der Waals surface area (Å²) in [5, 5.41) is 12.2. The summed E-state index contributed by atoms with van der Waals surface area (Å²) in [6.07, 6.45) is 0.579. The molecule has 3 N–H and O–H groups in total. The number of aryl methyl sites for hydroxylation is 2. The quantitative estimate of drug-likeness (QED) is 0.168. The SMILES string of the molecule is Cc1cc(C)cc(S(=O)(=O)c2c(C(=O)NCCCCN(c3ccc(C#N)cc3)S(=O)(=O)O)[nH]c3ccc(Cl)cc23)c1. The van der Waals surface area contributed by atoms with Crippen molar-refractivity contribution in [2.45, 2.75) is 36.5 Å². The average Bonchev–Trinajstić information content (AvgIpc) is 3.29. The van der Waals surface area contributed by atoms with E-state index in [1.165, 1.54) is 30.3 Å². The molecule has 0 radical (unpaired) electrons. The number of nitriles is 1. The second-order valence-corrected chi connectivity index (χ2v) is 13.2. The van der Waals surface area contributed by atoms with E-state index in [2.05, 4.69) is 10.3 Å². The number of nitrogens with zero attached hydrogens (tertiary/aromatic N) is 2. The summed E-state index contributed by atoms with van der Waals surface area (Å²) in [6, 6.07) is 17.2. The number of H-pyrrole nitrogens is 1. The number of unbranched alkanes of at least 4 members (excludes halogenated alkanes) is 1. The summed E-state index contributed by atoms with van der Waals surface area (Å²) in [6.45, 7) is 3.59. The minimum Gasteiger partial charge on any atom is -0.351 e. The number of halogens is 1. The molecule has 4 rings (SSSR count). The number of aromatic nitrogens is 1. The highest BCUT2D eigenvalue weighted by Crippen LogP contribution is 2.34. The lowest BCUT2D eigenvalue weighted by molar-refractivity contribution is 0.0945. The van der Waals surface area contributed by atoms with Crippen LogP contribution in [0.3, 0.4) is 0 Å². The Hall–Kier alpha value is -3.89. The van der Waals surface area contributed by atoms with E-state index >= 15 is 0 Å². The summed E-state index contributed by atoms with van der Waals surface area (Å²) in [7, 11) is -8.71. The molecule has 41 heavy (non-hydrogen) atoms. The molecule has 10 nitrogen and oxygen atoms in total. The number of fused-ring (bicyclic) bond motifs is 1. The van der Waals surface area contributed by atoms with Gasteiger partial charge in [-0.2, -0.15) is 13.7 Å². The molecule has 0 saturated carbocycles. The van der Waals surface area contributed by atoms with Crippen molar-refractivity contribution in [1.82, 2.24) is 10.3 Å². The van der Waals surface area contributed by atoms with Crippen LogP contribution in [0, 0.1) is 25.2 Å². The minimum absolute atomic E-state index is 0.0537. The number of benzene rings is 3. The van der Waals surface area contributed by atoms with Crippen LogP contribution in [-0.4, -0.2) is 45.4 Å². The molecule has 13 heteroatoms. The number of carbonyl (C=O) groups is 1. The van der Waals surface area contributed by atoms with Gasteiger partial charge >= 0.3 is 10.3 Å². The number of amides is 1. The lowest BCUT2D eigenvalue weighted by atomic mass is 10.2. The van der Waals surface area contributed by atoms with Gasteiger partial charge in [-0.15, -0.1) is 0 Å². The van der Waals surface area contributed by atoms with E-state index in [0.29, 0.717) is 22.5 Å². The molecule has 3 aromatic carbocycles. The van der Waals surface area contributed by atoms with Gasteiger partial charge in [-0.05, 0) is 92.4 Å². The first kappa shape index (κ1) is 30.1.